The number of rotatable bonds is 7. The molecule has 8 heteroatoms. The number of nitroso groups, excluding NO2 is 1. The van der Waals surface area contributed by atoms with Gasteiger partial charge in [0.05, 0.1) is 13.2 Å². The van der Waals surface area contributed by atoms with E-state index in [1.807, 2.05) is 0 Å². The third-order valence-corrected chi connectivity index (χ3v) is 4.19. The Morgan fingerprint density at radius 2 is 1.86 bits per heavy atom. The van der Waals surface area contributed by atoms with E-state index in [2.05, 4.69) is 5.18 Å². The molecular weight excluding hydrogens is 232 g/mol. The average Bonchev–Trinajstić information content (AvgIpc) is 2.17. The van der Waals surface area contributed by atoms with E-state index in [0.717, 1.165) is 0 Å². The van der Waals surface area contributed by atoms with Gasteiger partial charge in [0.1, 0.15) is 0 Å². The van der Waals surface area contributed by atoms with Crippen LogP contribution in [0.5, 0.6) is 0 Å². The van der Waals surface area contributed by atoms with Crippen LogP contribution < -0.4 is 0 Å². The molecule has 0 radical (unpaired) electrons. The number of carbonyl (C=O) groups is 1. The Morgan fingerprint density at radius 1 is 1.43 bits per heavy atom. The van der Waals surface area contributed by atoms with Crippen LogP contribution in [0, 0.1) is 4.91 Å². The number of carbonyl (C=O) groups excluding carboxylic acids is 1. The molecule has 0 saturated carbocycles. The number of hydrogen-bond donors (Lipinski definition) is 0. The van der Waals surface area contributed by atoms with Gasteiger partial charge in [-0.2, -0.15) is 0 Å². The van der Waals surface area contributed by atoms with Crippen LogP contribution in [0.25, 0.3) is 0 Å². The number of aldehydes is 1. The molecule has 0 aromatic heterocycles. The first-order chi connectivity index (χ1) is 6.49. The highest BCUT2D eigenvalue weighted by atomic mass is 35.5. The summed E-state index contributed by atoms with van der Waals surface area (Å²) in [6.45, 7) is 3.04. The van der Waals surface area contributed by atoms with Gasteiger partial charge < -0.3 is 9.05 Å². The summed E-state index contributed by atoms with van der Waals surface area (Å²) in [5.41, 5.74) is 0. The number of alkyl halides is 1. The second-order valence-corrected chi connectivity index (χ2v) is 5.21. The van der Waals surface area contributed by atoms with Gasteiger partial charge in [-0.25, -0.2) is 0 Å². The molecule has 0 aromatic rings. The van der Waals surface area contributed by atoms with E-state index in [9.17, 15) is 14.3 Å². The molecule has 1 unspecified atom stereocenters. The van der Waals surface area contributed by atoms with Crippen LogP contribution >= 0.6 is 19.2 Å². The second kappa shape index (κ2) is 5.56. The Kier molecular flexibility index (Phi) is 5.44. The van der Waals surface area contributed by atoms with E-state index in [0.29, 0.717) is 0 Å². The number of hydrogen-bond acceptors (Lipinski definition) is 6. The van der Waals surface area contributed by atoms with E-state index < -0.39 is 12.3 Å². The lowest BCUT2D eigenvalue weighted by Gasteiger charge is -2.22. The quantitative estimate of drug-likeness (QED) is 0.225. The Bertz CT molecular complexity index is 241. The molecule has 0 aliphatic rings. The SMILES string of the molecule is CCOP(=O)(OCC)C(Cl)(C=O)N=O. The highest BCUT2D eigenvalue weighted by Crippen LogP contribution is 2.61. The minimum atomic E-state index is -4.02. The van der Waals surface area contributed by atoms with Gasteiger partial charge in [-0.15, -0.1) is 4.91 Å². The molecule has 0 aliphatic heterocycles. The van der Waals surface area contributed by atoms with Crippen LogP contribution in [0.4, 0.5) is 0 Å². The molecule has 0 aromatic carbocycles. The predicted molar refractivity (Wildman–Crippen MR) is 51.3 cm³/mol. The molecule has 0 aliphatic carbocycles. The first-order valence-corrected chi connectivity index (χ1v) is 5.80. The van der Waals surface area contributed by atoms with Gasteiger partial charge in [-0.3, -0.25) is 9.36 Å². The molecule has 0 saturated heterocycles. The third kappa shape index (κ3) is 2.60. The molecule has 0 heterocycles. The lowest BCUT2D eigenvalue weighted by molar-refractivity contribution is -0.108. The van der Waals surface area contributed by atoms with Crippen LogP contribution in [0.3, 0.4) is 0 Å². The largest absolute Gasteiger partial charge is 0.384 e. The molecule has 0 amide bonds. The molecule has 0 N–H and O–H groups in total. The Labute approximate surface area is 86.4 Å². The zero-order valence-corrected chi connectivity index (χ0v) is 9.46. The van der Waals surface area contributed by atoms with Crippen molar-refractivity contribution in [2.45, 2.75) is 18.6 Å². The summed E-state index contributed by atoms with van der Waals surface area (Å²) in [5, 5.41) is 2.28. The normalized spacial score (nSPS) is 15.9. The van der Waals surface area contributed by atoms with Crippen molar-refractivity contribution < 1.29 is 18.4 Å². The lowest BCUT2D eigenvalue weighted by atomic mass is 10.7. The minimum Gasteiger partial charge on any atom is -0.306 e. The Hall–Kier alpha value is -0.290. The van der Waals surface area contributed by atoms with Crippen molar-refractivity contribution in [3.05, 3.63) is 4.91 Å². The van der Waals surface area contributed by atoms with E-state index in [-0.39, 0.29) is 19.5 Å². The summed E-state index contributed by atoms with van der Waals surface area (Å²) in [7, 11) is -4.02. The highest BCUT2D eigenvalue weighted by Gasteiger charge is 2.52. The molecule has 0 bridgehead atoms. The van der Waals surface area contributed by atoms with Gasteiger partial charge in [0.15, 0.2) is 6.29 Å². The summed E-state index contributed by atoms with van der Waals surface area (Å²) in [4.78, 5) is 20.8. The van der Waals surface area contributed by atoms with E-state index in [4.69, 9.17) is 20.6 Å². The molecule has 0 fully saturated rings. The number of halogens is 1. The third-order valence-electron chi connectivity index (χ3n) is 1.26. The van der Waals surface area contributed by atoms with Crippen molar-refractivity contribution in [1.82, 2.24) is 0 Å². The maximum absolute atomic E-state index is 11.8. The summed E-state index contributed by atoms with van der Waals surface area (Å²) >= 11 is 5.41. The standard InChI is InChI=1S/C6H11ClNO5P/c1-3-12-14(11,13-4-2)6(7,5-9)8-10/h5H,3-4H2,1-2H3. The zero-order valence-electron chi connectivity index (χ0n) is 7.81. The first kappa shape index (κ1) is 13.7. The minimum absolute atomic E-state index is 0.00485. The molecular formula is C6H11ClNO5P. The molecule has 0 rings (SSSR count). The molecule has 82 valence electrons. The van der Waals surface area contributed by atoms with Crippen molar-refractivity contribution in [1.29, 1.82) is 0 Å². The van der Waals surface area contributed by atoms with Gasteiger partial charge in [0, 0.05) is 0 Å². The Balaban J connectivity index is 5.05. The van der Waals surface area contributed by atoms with E-state index in [1.165, 1.54) is 13.8 Å². The topological polar surface area (TPSA) is 82.0 Å². The van der Waals surface area contributed by atoms with Crippen molar-refractivity contribution >= 4 is 25.5 Å². The zero-order chi connectivity index (χ0) is 11.2. The molecule has 6 nitrogen and oxygen atoms in total. The van der Waals surface area contributed by atoms with Gasteiger partial charge in [-0.1, -0.05) is 11.6 Å². The maximum atomic E-state index is 11.8. The van der Waals surface area contributed by atoms with E-state index in [1.54, 1.807) is 0 Å². The predicted octanol–water partition coefficient (Wildman–Crippen LogP) is 2.11. The number of nitrogens with zero attached hydrogens (tertiary/aromatic N) is 1. The summed E-state index contributed by atoms with van der Waals surface area (Å²) < 4.78 is 18.7. The maximum Gasteiger partial charge on any atom is 0.384 e. The van der Waals surface area contributed by atoms with Crippen molar-refractivity contribution in [3.63, 3.8) is 0 Å². The van der Waals surface area contributed by atoms with Crippen LogP contribution in [-0.2, 0) is 18.4 Å². The Morgan fingerprint density at radius 3 is 2.07 bits per heavy atom. The van der Waals surface area contributed by atoms with Crippen LogP contribution in [-0.4, -0.2) is 24.2 Å². The molecule has 14 heavy (non-hydrogen) atoms. The summed E-state index contributed by atoms with van der Waals surface area (Å²) in [6, 6.07) is 0. The summed E-state index contributed by atoms with van der Waals surface area (Å²) in [5.74, 6) is 0. The smallest absolute Gasteiger partial charge is 0.306 e. The summed E-state index contributed by atoms with van der Waals surface area (Å²) in [6.07, 6.45) is -0.0480. The van der Waals surface area contributed by atoms with Crippen molar-refractivity contribution in [2.24, 2.45) is 5.18 Å². The fraction of sp³-hybridized carbons (Fsp3) is 0.833. The lowest BCUT2D eigenvalue weighted by Crippen LogP contribution is -2.23. The highest BCUT2D eigenvalue weighted by molar-refractivity contribution is 7.58. The van der Waals surface area contributed by atoms with Crippen molar-refractivity contribution in [3.8, 4) is 0 Å². The monoisotopic (exact) mass is 243 g/mol. The molecule has 0 spiro atoms. The van der Waals surface area contributed by atoms with Crippen LogP contribution in [0.1, 0.15) is 13.8 Å². The van der Waals surface area contributed by atoms with Crippen LogP contribution in [0.15, 0.2) is 5.18 Å². The van der Waals surface area contributed by atoms with Gasteiger partial charge in [0.2, 0.25) is 0 Å². The fourth-order valence-electron chi connectivity index (χ4n) is 0.694. The second-order valence-electron chi connectivity index (χ2n) is 2.18. The van der Waals surface area contributed by atoms with E-state index >= 15 is 0 Å². The average molecular weight is 244 g/mol. The van der Waals surface area contributed by atoms with Crippen molar-refractivity contribution in [2.75, 3.05) is 13.2 Å². The molecule has 1 atom stereocenters. The van der Waals surface area contributed by atoms with Gasteiger partial charge in [-0.05, 0) is 19.0 Å². The first-order valence-electron chi connectivity index (χ1n) is 3.88. The van der Waals surface area contributed by atoms with Gasteiger partial charge in [0.25, 0.3) is 0 Å². The fourth-order valence-corrected chi connectivity index (χ4v) is 2.33. The van der Waals surface area contributed by atoms with Gasteiger partial charge >= 0.3 is 12.3 Å². The van der Waals surface area contributed by atoms with Crippen LogP contribution in [0.2, 0.25) is 0 Å².